The summed E-state index contributed by atoms with van der Waals surface area (Å²) in [5.41, 5.74) is 6.12. The Bertz CT molecular complexity index is 468. The summed E-state index contributed by atoms with van der Waals surface area (Å²) in [4.78, 5) is 11.2. The molecule has 1 saturated carbocycles. The largest absolute Gasteiger partial charge is 0.368 e. The van der Waals surface area contributed by atoms with Gasteiger partial charge in [0.2, 0.25) is 5.91 Å². The van der Waals surface area contributed by atoms with E-state index >= 15 is 0 Å². The van der Waals surface area contributed by atoms with Crippen molar-refractivity contribution in [2.24, 2.45) is 11.7 Å². The number of amides is 1. The maximum absolute atomic E-state index is 11.2. The molecule has 3 unspecified atom stereocenters. The van der Waals surface area contributed by atoms with Crippen molar-refractivity contribution in [3.8, 4) is 0 Å². The van der Waals surface area contributed by atoms with E-state index in [2.05, 4.69) is 24.3 Å². The first-order valence-corrected chi connectivity index (χ1v) is 6.07. The van der Waals surface area contributed by atoms with E-state index in [1.807, 2.05) is 6.07 Å². The van der Waals surface area contributed by atoms with Gasteiger partial charge in [-0.3, -0.25) is 10.1 Å². The number of fused-ring (bicyclic) bond motifs is 1. The van der Waals surface area contributed by atoms with Gasteiger partial charge < -0.3 is 10.3 Å². The lowest BCUT2D eigenvalue weighted by atomic mass is 10.1. The third-order valence-corrected chi connectivity index (χ3v) is 3.96. The van der Waals surface area contributed by atoms with Crippen molar-refractivity contribution in [2.75, 3.05) is 0 Å². The Balaban J connectivity index is 1.83. The molecule has 0 bridgehead atoms. The zero-order chi connectivity index (χ0) is 12.2. The maximum Gasteiger partial charge on any atom is 0.234 e. The summed E-state index contributed by atoms with van der Waals surface area (Å²) in [7, 11) is 0. The second-order valence-electron chi connectivity index (χ2n) is 5.48. The van der Waals surface area contributed by atoms with E-state index < -0.39 is 0 Å². The van der Waals surface area contributed by atoms with E-state index in [1.165, 1.54) is 0 Å². The van der Waals surface area contributed by atoms with Gasteiger partial charge in [-0.05, 0) is 24.7 Å². The molecule has 5 heteroatoms. The van der Waals surface area contributed by atoms with Crippen LogP contribution in [-0.2, 0) is 10.3 Å². The van der Waals surface area contributed by atoms with E-state index in [4.69, 9.17) is 10.3 Å². The van der Waals surface area contributed by atoms with Gasteiger partial charge in [-0.2, -0.15) is 0 Å². The zero-order valence-corrected chi connectivity index (χ0v) is 10.1. The average molecular weight is 235 g/mol. The molecule has 0 radical (unpaired) electrons. The van der Waals surface area contributed by atoms with Crippen LogP contribution >= 0.6 is 0 Å². The number of rotatable bonds is 3. The SMILES string of the molecule is CC(C)c1cc(C23CC2CC(C(N)=O)N3)on1. The molecule has 2 fully saturated rings. The van der Waals surface area contributed by atoms with Crippen molar-refractivity contribution in [1.29, 1.82) is 0 Å². The molecule has 1 aliphatic carbocycles. The normalized spacial score (nSPS) is 35.0. The number of hydrogen-bond donors (Lipinski definition) is 2. The monoisotopic (exact) mass is 235 g/mol. The zero-order valence-electron chi connectivity index (χ0n) is 10.1. The molecule has 3 rings (SSSR count). The topological polar surface area (TPSA) is 81.2 Å². The van der Waals surface area contributed by atoms with Gasteiger partial charge in [-0.25, -0.2) is 0 Å². The molecule has 0 aromatic carbocycles. The Hall–Kier alpha value is -1.36. The van der Waals surface area contributed by atoms with Crippen LogP contribution in [0, 0.1) is 5.92 Å². The Morgan fingerprint density at radius 2 is 2.47 bits per heavy atom. The van der Waals surface area contributed by atoms with E-state index in [0.29, 0.717) is 11.8 Å². The molecule has 1 aromatic rings. The summed E-state index contributed by atoms with van der Waals surface area (Å²) < 4.78 is 5.42. The molecule has 0 spiro atoms. The van der Waals surface area contributed by atoms with Crippen LogP contribution in [0.5, 0.6) is 0 Å². The number of hydrogen-bond acceptors (Lipinski definition) is 4. The summed E-state index contributed by atoms with van der Waals surface area (Å²) in [6.45, 7) is 4.16. The molecule has 17 heavy (non-hydrogen) atoms. The highest BCUT2D eigenvalue weighted by Gasteiger charge is 2.64. The number of nitrogens with one attached hydrogen (secondary N) is 1. The first-order chi connectivity index (χ1) is 8.03. The fourth-order valence-corrected chi connectivity index (χ4v) is 2.78. The summed E-state index contributed by atoms with van der Waals surface area (Å²) in [6, 6.07) is 1.78. The minimum absolute atomic E-state index is 0.167. The summed E-state index contributed by atoms with van der Waals surface area (Å²) >= 11 is 0. The number of carbonyl (C=O) groups is 1. The number of nitrogens with zero attached hydrogens (tertiary/aromatic N) is 1. The highest BCUT2D eigenvalue weighted by atomic mass is 16.5. The molecule has 1 aromatic heterocycles. The van der Waals surface area contributed by atoms with Gasteiger partial charge in [-0.1, -0.05) is 19.0 Å². The minimum Gasteiger partial charge on any atom is -0.368 e. The standard InChI is InChI=1S/C12H17N3O2/c1-6(2)8-4-10(17-15-8)12-5-7(12)3-9(14-12)11(13)16/h4,6-7,9,14H,3,5H2,1-2H3,(H2,13,16). The summed E-state index contributed by atoms with van der Waals surface area (Å²) in [5.74, 6) is 1.40. The van der Waals surface area contributed by atoms with Crippen LogP contribution in [0.15, 0.2) is 10.6 Å². The van der Waals surface area contributed by atoms with Crippen molar-refractivity contribution < 1.29 is 9.32 Å². The Morgan fingerprint density at radius 3 is 3.00 bits per heavy atom. The van der Waals surface area contributed by atoms with Gasteiger partial charge in [-0.15, -0.1) is 0 Å². The Labute approximate surface area is 99.7 Å². The lowest BCUT2D eigenvalue weighted by molar-refractivity contribution is -0.120. The predicted molar refractivity (Wildman–Crippen MR) is 61.1 cm³/mol. The Kier molecular flexibility index (Phi) is 2.10. The lowest BCUT2D eigenvalue weighted by Gasteiger charge is -2.13. The van der Waals surface area contributed by atoms with Gasteiger partial charge in [0.05, 0.1) is 17.3 Å². The number of carbonyl (C=O) groups excluding carboxylic acids is 1. The third-order valence-electron chi connectivity index (χ3n) is 3.96. The quantitative estimate of drug-likeness (QED) is 0.814. The van der Waals surface area contributed by atoms with Crippen molar-refractivity contribution >= 4 is 5.91 Å². The molecule has 2 aliphatic rings. The molecule has 1 amide bonds. The van der Waals surface area contributed by atoms with Gasteiger partial charge in [0.1, 0.15) is 0 Å². The number of aromatic nitrogens is 1. The second kappa shape index (κ2) is 3.32. The molecule has 92 valence electrons. The van der Waals surface area contributed by atoms with Crippen molar-refractivity contribution in [2.45, 2.75) is 44.2 Å². The predicted octanol–water partition coefficient (Wildman–Crippen LogP) is 0.860. The second-order valence-corrected chi connectivity index (χ2v) is 5.48. The number of nitrogens with two attached hydrogens (primary N) is 1. The van der Waals surface area contributed by atoms with Crippen LogP contribution in [0.25, 0.3) is 0 Å². The van der Waals surface area contributed by atoms with Crippen LogP contribution in [0.4, 0.5) is 0 Å². The minimum atomic E-state index is -0.278. The van der Waals surface area contributed by atoms with E-state index in [9.17, 15) is 4.79 Å². The summed E-state index contributed by atoms with van der Waals surface area (Å²) in [5, 5.41) is 7.37. The van der Waals surface area contributed by atoms with Crippen molar-refractivity contribution in [1.82, 2.24) is 10.5 Å². The van der Waals surface area contributed by atoms with Crippen LogP contribution in [0.3, 0.4) is 0 Å². The third kappa shape index (κ3) is 1.49. The summed E-state index contributed by atoms with van der Waals surface area (Å²) in [6.07, 6.45) is 1.83. The molecule has 1 saturated heterocycles. The average Bonchev–Trinajstić information content (AvgIpc) is 2.71. The lowest BCUT2D eigenvalue weighted by Crippen LogP contribution is -2.42. The van der Waals surface area contributed by atoms with Crippen LogP contribution in [0.1, 0.15) is 44.1 Å². The van der Waals surface area contributed by atoms with Crippen molar-refractivity contribution in [3.63, 3.8) is 0 Å². The molecular formula is C12H17N3O2. The van der Waals surface area contributed by atoms with Gasteiger partial charge in [0.15, 0.2) is 5.76 Å². The van der Waals surface area contributed by atoms with E-state index in [1.54, 1.807) is 0 Å². The fourth-order valence-electron chi connectivity index (χ4n) is 2.78. The highest BCUT2D eigenvalue weighted by Crippen LogP contribution is 2.58. The fraction of sp³-hybridized carbons (Fsp3) is 0.667. The smallest absolute Gasteiger partial charge is 0.234 e. The first kappa shape index (κ1) is 10.8. The molecule has 2 heterocycles. The van der Waals surface area contributed by atoms with Crippen LogP contribution in [-0.4, -0.2) is 17.1 Å². The van der Waals surface area contributed by atoms with E-state index in [-0.39, 0.29) is 17.5 Å². The highest BCUT2D eigenvalue weighted by molar-refractivity contribution is 5.81. The molecule has 3 atom stereocenters. The van der Waals surface area contributed by atoms with Crippen LogP contribution in [0.2, 0.25) is 0 Å². The molecule has 3 N–H and O–H groups in total. The number of piperidine rings is 1. The van der Waals surface area contributed by atoms with E-state index in [0.717, 1.165) is 24.3 Å². The molecule has 5 nitrogen and oxygen atoms in total. The van der Waals surface area contributed by atoms with Gasteiger partial charge in [0, 0.05) is 6.07 Å². The van der Waals surface area contributed by atoms with Crippen LogP contribution < -0.4 is 11.1 Å². The number of primary amides is 1. The van der Waals surface area contributed by atoms with Crippen molar-refractivity contribution in [3.05, 3.63) is 17.5 Å². The molecular weight excluding hydrogens is 218 g/mol. The maximum atomic E-state index is 11.2. The molecule has 1 aliphatic heterocycles. The first-order valence-electron chi connectivity index (χ1n) is 6.07. The Morgan fingerprint density at radius 1 is 1.71 bits per heavy atom. The van der Waals surface area contributed by atoms with Gasteiger partial charge >= 0.3 is 0 Å². The van der Waals surface area contributed by atoms with Gasteiger partial charge in [0.25, 0.3) is 0 Å².